The maximum atomic E-state index is 13.0. The Morgan fingerprint density at radius 3 is 3.00 bits per heavy atom. The minimum atomic E-state index is -0.482. The Labute approximate surface area is 95.5 Å². The second-order valence-corrected chi connectivity index (χ2v) is 4.07. The highest BCUT2D eigenvalue weighted by molar-refractivity contribution is 7.09. The highest BCUT2D eigenvalue weighted by Crippen LogP contribution is 2.17. The topological polar surface area (TPSA) is 39.2 Å². The number of rotatable bonds is 4. The van der Waals surface area contributed by atoms with E-state index in [-0.39, 0.29) is 5.56 Å². The molecule has 0 amide bonds. The molecule has 1 heterocycles. The second-order valence-electron chi connectivity index (χ2n) is 3.09. The van der Waals surface area contributed by atoms with Crippen LogP contribution in [0.5, 0.6) is 5.75 Å². The number of carbonyl (C=O) groups is 1. The summed E-state index contributed by atoms with van der Waals surface area (Å²) in [5.41, 5.74) is 1.96. The minimum Gasteiger partial charge on any atom is -0.488 e. The Morgan fingerprint density at radius 1 is 1.44 bits per heavy atom. The predicted molar refractivity (Wildman–Crippen MR) is 58.2 cm³/mol. The smallest absolute Gasteiger partial charge is 0.150 e. The maximum absolute atomic E-state index is 13.0. The molecule has 2 rings (SSSR count). The molecule has 0 spiro atoms. The summed E-state index contributed by atoms with van der Waals surface area (Å²) in [5, 5.41) is 0. The molecule has 0 aliphatic rings. The number of halogens is 1. The van der Waals surface area contributed by atoms with Crippen molar-refractivity contribution in [2.45, 2.75) is 6.61 Å². The van der Waals surface area contributed by atoms with E-state index in [0.717, 1.165) is 10.9 Å². The van der Waals surface area contributed by atoms with Gasteiger partial charge in [0.15, 0.2) is 0 Å². The molecular weight excluding hydrogens is 229 g/mol. The van der Waals surface area contributed by atoms with E-state index < -0.39 is 5.82 Å². The van der Waals surface area contributed by atoms with Crippen LogP contribution in [0.15, 0.2) is 29.9 Å². The number of hydrogen-bond acceptors (Lipinski definition) is 4. The third-order valence-corrected chi connectivity index (χ3v) is 2.65. The summed E-state index contributed by atoms with van der Waals surface area (Å²) in [6, 6.07) is 3.90. The molecule has 2 aromatic rings. The van der Waals surface area contributed by atoms with Crippen molar-refractivity contribution >= 4 is 17.6 Å². The largest absolute Gasteiger partial charge is 0.488 e. The van der Waals surface area contributed by atoms with Crippen molar-refractivity contribution in [1.29, 1.82) is 0 Å². The maximum Gasteiger partial charge on any atom is 0.150 e. The van der Waals surface area contributed by atoms with Gasteiger partial charge < -0.3 is 4.74 Å². The average molecular weight is 237 g/mol. The highest BCUT2D eigenvalue weighted by atomic mass is 32.1. The Hall–Kier alpha value is -1.75. The lowest BCUT2D eigenvalue weighted by Crippen LogP contribution is -1.94. The summed E-state index contributed by atoms with van der Waals surface area (Å²) in [5.74, 6) is -0.139. The summed E-state index contributed by atoms with van der Waals surface area (Å²) in [7, 11) is 0. The van der Waals surface area contributed by atoms with Crippen molar-refractivity contribution in [3.8, 4) is 5.75 Å². The zero-order chi connectivity index (χ0) is 11.4. The van der Waals surface area contributed by atoms with Crippen molar-refractivity contribution in [3.05, 3.63) is 46.2 Å². The molecule has 0 unspecified atom stereocenters. The zero-order valence-electron chi connectivity index (χ0n) is 8.22. The summed E-state index contributed by atoms with van der Waals surface area (Å²) in [4.78, 5) is 15.3. The van der Waals surface area contributed by atoms with Crippen LogP contribution in [0.4, 0.5) is 4.39 Å². The lowest BCUT2D eigenvalue weighted by molar-refractivity contribution is 0.112. The Balaban J connectivity index is 2.09. The van der Waals surface area contributed by atoms with Gasteiger partial charge in [0.05, 0.1) is 10.4 Å². The lowest BCUT2D eigenvalue weighted by Gasteiger charge is -2.04. The predicted octanol–water partition coefficient (Wildman–Crippen LogP) is 2.67. The van der Waals surface area contributed by atoms with Crippen molar-refractivity contribution < 1.29 is 13.9 Å². The average Bonchev–Trinajstić information content (AvgIpc) is 2.78. The number of nitrogens with zero attached hydrogens (tertiary/aromatic N) is 1. The molecule has 1 aromatic heterocycles. The molecule has 0 radical (unpaired) electrons. The first-order chi connectivity index (χ1) is 7.78. The fourth-order valence-electron chi connectivity index (χ4n) is 1.20. The third kappa shape index (κ3) is 2.64. The van der Waals surface area contributed by atoms with Crippen LogP contribution in [0.1, 0.15) is 15.2 Å². The van der Waals surface area contributed by atoms with Crippen LogP contribution in [0, 0.1) is 5.82 Å². The third-order valence-electron chi connectivity index (χ3n) is 1.89. The van der Waals surface area contributed by atoms with Gasteiger partial charge in [0.2, 0.25) is 0 Å². The van der Waals surface area contributed by atoms with Crippen molar-refractivity contribution in [3.63, 3.8) is 0 Å². The van der Waals surface area contributed by atoms with E-state index in [1.165, 1.54) is 23.5 Å². The highest BCUT2D eigenvalue weighted by Gasteiger charge is 2.02. The molecule has 82 valence electrons. The first-order valence-corrected chi connectivity index (χ1v) is 5.42. The SMILES string of the molecule is O=Cc1cc(F)cc(OCc2cncs2)c1. The van der Waals surface area contributed by atoms with E-state index in [1.54, 1.807) is 11.7 Å². The van der Waals surface area contributed by atoms with E-state index in [1.807, 2.05) is 0 Å². The van der Waals surface area contributed by atoms with E-state index in [9.17, 15) is 9.18 Å². The van der Waals surface area contributed by atoms with Gasteiger partial charge in [-0.3, -0.25) is 9.78 Å². The molecule has 0 bridgehead atoms. The van der Waals surface area contributed by atoms with Gasteiger partial charge in [0, 0.05) is 17.8 Å². The van der Waals surface area contributed by atoms with Crippen LogP contribution in [0.25, 0.3) is 0 Å². The molecule has 0 saturated carbocycles. The van der Waals surface area contributed by atoms with E-state index in [4.69, 9.17) is 4.74 Å². The van der Waals surface area contributed by atoms with Gasteiger partial charge in [-0.05, 0) is 12.1 Å². The molecule has 0 fully saturated rings. The van der Waals surface area contributed by atoms with Gasteiger partial charge in [-0.25, -0.2) is 4.39 Å². The molecule has 0 aliphatic carbocycles. The standard InChI is InChI=1S/C11H8FNO2S/c12-9-1-8(5-14)2-10(3-9)15-6-11-4-13-7-16-11/h1-5,7H,6H2. The molecule has 0 atom stereocenters. The number of thiazole rings is 1. The molecule has 3 nitrogen and oxygen atoms in total. The number of hydrogen-bond donors (Lipinski definition) is 0. The Kier molecular flexibility index (Phi) is 3.26. The van der Waals surface area contributed by atoms with Crippen LogP contribution in [-0.4, -0.2) is 11.3 Å². The van der Waals surface area contributed by atoms with Gasteiger partial charge in [-0.15, -0.1) is 11.3 Å². The molecular formula is C11H8FNO2S. The van der Waals surface area contributed by atoms with Crippen LogP contribution in [0.2, 0.25) is 0 Å². The van der Waals surface area contributed by atoms with Gasteiger partial charge in [0.1, 0.15) is 24.5 Å². The van der Waals surface area contributed by atoms with Crippen molar-refractivity contribution in [2.75, 3.05) is 0 Å². The van der Waals surface area contributed by atoms with E-state index >= 15 is 0 Å². The van der Waals surface area contributed by atoms with E-state index in [0.29, 0.717) is 18.6 Å². The normalized spacial score (nSPS) is 10.1. The molecule has 0 saturated heterocycles. The molecule has 1 aromatic carbocycles. The summed E-state index contributed by atoms with van der Waals surface area (Å²) in [6.07, 6.45) is 2.27. The van der Waals surface area contributed by atoms with Gasteiger partial charge in [-0.1, -0.05) is 0 Å². The lowest BCUT2D eigenvalue weighted by atomic mass is 10.2. The number of aromatic nitrogens is 1. The first-order valence-electron chi connectivity index (χ1n) is 4.54. The summed E-state index contributed by atoms with van der Waals surface area (Å²) >= 11 is 1.46. The van der Waals surface area contributed by atoms with Crippen LogP contribution in [0.3, 0.4) is 0 Å². The summed E-state index contributed by atoms with van der Waals surface area (Å²) in [6.45, 7) is 0.326. The van der Waals surface area contributed by atoms with Gasteiger partial charge in [0.25, 0.3) is 0 Å². The van der Waals surface area contributed by atoms with E-state index in [2.05, 4.69) is 4.98 Å². The fraction of sp³-hybridized carbons (Fsp3) is 0.0909. The van der Waals surface area contributed by atoms with Crippen LogP contribution >= 0.6 is 11.3 Å². The van der Waals surface area contributed by atoms with Crippen LogP contribution < -0.4 is 4.74 Å². The van der Waals surface area contributed by atoms with Gasteiger partial charge >= 0.3 is 0 Å². The zero-order valence-corrected chi connectivity index (χ0v) is 9.04. The Morgan fingerprint density at radius 2 is 2.31 bits per heavy atom. The number of carbonyl (C=O) groups excluding carboxylic acids is 1. The monoisotopic (exact) mass is 237 g/mol. The Bertz CT molecular complexity index is 485. The minimum absolute atomic E-state index is 0.263. The molecule has 16 heavy (non-hydrogen) atoms. The van der Waals surface area contributed by atoms with Gasteiger partial charge in [-0.2, -0.15) is 0 Å². The fourth-order valence-corrected chi connectivity index (χ4v) is 1.71. The molecule has 0 N–H and O–H groups in total. The number of aldehydes is 1. The molecule has 5 heteroatoms. The second kappa shape index (κ2) is 4.85. The number of ether oxygens (including phenoxy) is 1. The van der Waals surface area contributed by atoms with Crippen molar-refractivity contribution in [1.82, 2.24) is 4.98 Å². The molecule has 0 aliphatic heterocycles. The van der Waals surface area contributed by atoms with Crippen LogP contribution in [-0.2, 0) is 6.61 Å². The first kappa shape index (κ1) is 10.8. The quantitative estimate of drug-likeness (QED) is 0.767. The summed E-state index contributed by atoms with van der Waals surface area (Å²) < 4.78 is 18.4. The number of benzene rings is 1. The van der Waals surface area contributed by atoms with Crippen molar-refractivity contribution in [2.24, 2.45) is 0 Å².